The summed E-state index contributed by atoms with van der Waals surface area (Å²) in [4.78, 5) is 18.7. The van der Waals surface area contributed by atoms with E-state index in [-0.39, 0.29) is 18.4 Å². The number of hydrogen-bond acceptors (Lipinski definition) is 6. The molecule has 0 atom stereocenters. The Morgan fingerprint density at radius 3 is 2.67 bits per heavy atom. The molecule has 4 rings (SSSR count). The molecule has 0 radical (unpaired) electrons. The molecule has 0 unspecified atom stereocenters. The standard InChI is InChI=1S/C23H25N3O4/c1-16-5-3-4-6-20(16)29-15-21-24-23(25-30-21)18-13-26(14-18)22(27)12-9-17-7-10-19(28-2)11-8-17/h3-8,10-11,18H,9,12-15H2,1-2H3. The number of hydrogen-bond donors (Lipinski definition) is 0. The maximum absolute atomic E-state index is 12.4. The van der Waals surface area contributed by atoms with Crippen molar-refractivity contribution in [3.63, 3.8) is 0 Å². The van der Waals surface area contributed by atoms with E-state index in [1.165, 1.54) is 0 Å². The fourth-order valence-electron chi connectivity index (χ4n) is 3.40. The maximum atomic E-state index is 12.4. The number of methoxy groups -OCH3 is 1. The van der Waals surface area contributed by atoms with Crippen molar-refractivity contribution >= 4 is 5.91 Å². The Labute approximate surface area is 175 Å². The summed E-state index contributed by atoms with van der Waals surface area (Å²) >= 11 is 0. The third-order valence-corrected chi connectivity index (χ3v) is 5.31. The van der Waals surface area contributed by atoms with Crippen LogP contribution in [0.2, 0.25) is 0 Å². The van der Waals surface area contributed by atoms with Crippen LogP contribution in [0.3, 0.4) is 0 Å². The number of ether oxygens (including phenoxy) is 2. The number of para-hydroxylation sites is 1. The largest absolute Gasteiger partial charge is 0.497 e. The second kappa shape index (κ2) is 8.98. The summed E-state index contributed by atoms with van der Waals surface area (Å²) in [6.45, 7) is 3.47. The zero-order chi connectivity index (χ0) is 20.9. The van der Waals surface area contributed by atoms with Crippen LogP contribution in [0.25, 0.3) is 0 Å². The van der Waals surface area contributed by atoms with Crippen LogP contribution in [-0.4, -0.2) is 41.1 Å². The van der Waals surface area contributed by atoms with Crippen LogP contribution >= 0.6 is 0 Å². The normalized spacial score (nSPS) is 13.7. The van der Waals surface area contributed by atoms with Gasteiger partial charge in [0.2, 0.25) is 5.91 Å². The number of nitrogens with zero attached hydrogens (tertiary/aromatic N) is 3. The number of likely N-dealkylation sites (tertiary alicyclic amines) is 1. The lowest BCUT2D eigenvalue weighted by Gasteiger charge is -2.37. The van der Waals surface area contributed by atoms with E-state index in [1.54, 1.807) is 7.11 Å². The predicted octanol–water partition coefficient (Wildman–Crippen LogP) is 3.52. The Bertz CT molecular complexity index is 994. The van der Waals surface area contributed by atoms with Gasteiger partial charge in [0.1, 0.15) is 11.5 Å². The highest BCUT2D eigenvalue weighted by molar-refractivity contribution is 5.77. The molecule has 0 aliphatic carbocycles. The molecule has 1 aliphatic rings. The van der Waals surface area contributed by atoms with Crippen LogP contribution in [0.5, 0.6) is 11.5 Å². The van der Waals surface area contributed by atoms with Crippen LogP contribution in [0.4, 0.5) is 0 Å². The molecule has 1 saturated heterocycles. The summed E-state index contributed by atoms with van der Waals surface area (Å²) in [5.41, 5.74) is 2.18. The summed E-state index contributed by atoms with van der Waals surface area (Å²) in [6.07, 6.45) is 1.20. The SMILES string of the molecule is COc1ccc(CCC(=O)N2CC(c3noc(COc4ccccc4C)n3)C2)cc1. The van der Waals surface area contributed by atoms with Crippen molar-refractivity contribution in [1.29, 1.82) is 0 Å². The van der Waals surface area contributed by atoms with Gasteiger partial charge in [0.05, 0.1) is 13.0 Å². The van der Waals surface area contributed by atoms with E-state index < -0.39 is 0 Å². The molecular weight excluding hydrogens is 382 g/mol. The van der Waals surface area contributed by atoms with Crippen molar-refractivity contribution in [1.82, 2.24) is 15.0 Å². The first-order valence-corrected chi connectivity index (χ1v) is 10.0. The molecule has 156 valence electrons. The Hall–Kier alpha value is -3.35. The highest BCUT2D eigenvalue weighted by Gasteiger charge is 2.34. The van der Waals surface area contributed by atoms with Gasteiger partial charge >= 0.3 is 0 Å². The predicted molar refractivity (Wildman–Crippen MR) is 110 cm³/mol. The van der Waals surface area contributed by atoms with Gasteiger partial charge in [0.25, 0.3) is 5.89 Å². The summed E-state index contributed by atoms with van der Waals surface area (Å²) in [6, 6.07) is 15.6. The van der Waals surface area contributed by atoms with E-state index in [4.69, 9.17) is 14.0 Å². The first-order chi connectivity index (χ1) is 14.6. The van der Waals surface area contributed by atoms with Gasteiger partial charge in [0, 0.05) is 19.5 Å². The first-order valence-electron chi connectivity index (χ1n) is 10.0. The molecule has 0 bridgehead atoms. The van der Waals surface area contributed by atoms with Gasteiger partial charge in [0.15, 0.2) is 12.4 Å². The third kappa shape index (κ3) is 4.62. The molecule has 1 aromatic heterocycles. The molecule has 0 N–H and O–H groups in total. The smallest absolute Gasteiger partial charge is 0.264 e. The van der Waals surface area contributed by atoms with E-state index in [2.05, 4.69) is 10.1 Å². The van der Waals surface area contributed by atoms with Gasteiger partial charge in [-0.2, -0.15) is 4.98 Å². The van der Waals surface area contributed by atoms with Crippen molar-refractivity contribution in [3.8, 4) is 11.5 Å². The van der Waals surface area contributed by atoms with Crippen LogP contribution in [-0.2, 0) is 17.8 Å². The number of carbonyl (C=O) groups excluding carboxylic acids is 1. The summed E-state index contributed by atoms with van der Waals surface area (Å²) in [7, 11) is 1.64. The fourth-order valence-corrected chi connectivity index (χ4v) is 3.40. The summed E-state index contributed by atoms with van der Waals surface area (Å²) in [5, 5.41) is 4.06. The minimum Gasteiger partial charge on any atom is -0.497 e. The quantitative estimate of drug-likeness (QED) is 0.569. The summed E-state index contributed by atoms with van der Waals surface area (Å²) in [5.74, 6) is 2.96. The van der Waals surface area contributed by atoms with Gasteiger partial charge in [-0.15, -0.1) is 0 Å². The fraction of sp³-hybridized carbons (Fsp3) is 0.348. The highest BCUT2D eigenvalue weighted by atomic mass is 16.5. The van der Waals surface area contributed by atoms with E-state index >= 15 is 0 Å². The topological polar surface area (TPSA) is 77.7 Å². The van der Waals surface area contributed by atoms with E-state index in [0.29, 0.717) is 37.6 Å². The Morgan fingerprint density at radius 1 is 1.17 bits per heavy atom. The molecule has 1 amide bonds. The number of aryl methyl sites for hydroxylation is 2. The molecule has 1 fully saturated rings. The van der Waals surface area contributed by atoms with Crippen molar-refractivity contribution < 1.29 is 18.8 Å². The molecule has 7 heteroatoms. The lowest BCUT2D eigenvalue weighted by atomic mass is 9.98. The van der Waals surface area contributed by atoms with E-state index in [0.717, 1.165) is 22.6 Å². The number of amides is 1. The zero-order valence-electron chi connectivity index (χ0n) is 17.2. The molecule has 2 aromatic carbocycles. The molecule has 3 aromatic rings. The molecular formula is C23H25N3O4. The zero-order valence-corrected chi connectivity index (χ0v) is 17.2. The molecule has 2 heterocycles. The number of benzene rings is 2. The molecule has 0 saturated carbocycles. The first kappa shape index (κ1) is 19.9. The van der Waals surface area contributed by atoms with Crippen LogP contribution in [0.1, 0.15) is 35.2 Å². The Morgan fingerprint density at radius 2 is 1.93 bits per heavy atom. The highest BCUT2D eigenvalue weighted by Crippen LogP contribution is 2.26. The Balaban J connectivity index is 1.22. The van der Waals surface area contributed by atoms with Crippen LogP contribution < -0.4 is 9.47 Å². The van der Waals surface area contributed by atoms with E-state index in [1.807, 2.05) is 60.4 Å². The average molecular weight is 407 g/mol. The molecule has 1 aliphatic heterocycles. The van der Waals surface area contributed by atoms with Crippen LogP contribution in [0.15, 0.2) is 53.1 Å². The van der Waals surface area contributed by atoms with Crippen LogP contribution in [0, 0.1) is 6.92 Å². The lowest BCUT2D eigenvalue weighted by molar-refractivity contribution is -0.135. The number of aromatic nitrogens is 2. The molecule has 0 spiro atoms. The average Bonchev–Trinajstić information content (AvgIpc) is 3.19. The molecule has 7 nitrogen and oxygen atoms in total. The second-order valence-corrected chi connectivity index (χ2v) is 7.44. The molecule has 30 heavy (non-hydrogen) atoms. The number of carbonyl (C=O) groups is 1. The van der Waals surface area contributed by atoms with Gasteiger partial charge in [-0.05, 0) is 42.7 Å². The van der Waals surface area contributed by atoms with Gasteiger partial charge < -0.3 is 18.9 Å². The Kier molecular flexibility index (Phi) is 5.97. The van der Waals surface area contributed by atoms with Crippen molar-refractivity contribution in [2.75, 3.05) is 20.2 Å². The van der Waals surface area contributed by atoms with Crippen molar-refractivity contribution in [3.05, 3.63) is 71.4 Å². The summed E-state index contributed by atoms with van der Waals surface area (Å²) < 4.78 is 16.2. The number of rotatable bonds is 8. The van der Waals surface area contributed by atoms with Gasteiger partial charge in [-0.3, -0.25) is 4.79 Å². The van der Waals surface area contributed by atoms with Gasteiger partial charge in [-0.25, -0.2) is 0 Å². The third-order valence-electron chi connectivity index (χ3n) is 5.31. The van der Waals surface area contributed by atoms with E-state index in [9.17, 15) is 4.79 Å². The second-order valence-electron chi connectivity index (χ2n) is 7.44. The minimum atomic E-state index is 0.117. The lowest BCUT2D eigenvalue weighted by Crippen LogP contribution is -2.48. The monoisotopic (exact) mass is 407 g/mol. The minimum absolute atomic E-state index is 0.117. The van der Waals surface area contributed by atoms with Crippen molar-refractivity contribution in [2.24, 2.45) is 0 Å². The van der Waals surface area contributed by atoms with Gasteiger partial charge in [-0.1, -0.05) is 35.5 Å². The van der Waals surface area contributed by atoms with Crippen molar-refractivity contribution in [2.45, 2.75) is 32.3 Å². The maximum Gasteiger partial charge on any atom is 0.264 e.